The summed E-state index contributed by atoms with van der Waals surface area (Å²) in [5.41, 5.74) is 3.57. The molecule has 1 heterocycles. The Morgan fingerprint density at radius 1 is 1.08 bits per heavy atom. The Kier molecular flexibility index (Phi) is 5.04. The number of hydrogen-bond acceptors (Lipinski definition) is 2. The number of carbonyl (C=O) groups excluding carboxylic acids is 1. The van der Waals surface area contributed by atoms with E-state index < -0.39 is 0 Å². The minimum absolute atomic E-state index is 0.0734. The molecule has 25 heavy (non-hydrogen) atoms. The highest BCUT2D eigenvalue weighted by molar-refractivity contribution is 9.10. The third kappa shape index (κ3) is 3.82. The standard InChI is InChI=1S/C20H19BrN2O2/c1-13-4-3-5-17-14(2)12-19(25)23(20(13)17)11-10-18(24)22-16-8-6-15(21)7-9-16/h3-9,12H,10-11H2,1-2H3,(H,22,24). The van der Waals surface area contributed by atoms with E-state index in [9.17, 15) is 9.59 Å². The van der Waals surface area contributed by atoms with Gasteiger partial charge in [0.05, 0.1) is 5.52 Å². The van der Waals surface area contributed by atoms with Crippen LogP contribution in [0, 0.1) is 13.8 Å². The first kappa shape index (κ1) is 17.4. The van der Waals surface area contributed by atoms with Crippen LogP contribution in [-0.2, 0) is 11.3 Å². The van der Waals surface area contributed by atoms with Crippen LogP contribution in [0.1, 0.15) is 17.5 Å². The van der Waals surface area contributed by atoms with Crippen molar-refractivity contribution >= 4 is 38.4 Å². The molecule has 1 amide bonds. The number of aromatic nitrogens is 1. The van der Waals surface area contributed by atoms with Crippen molar-refractivity contribution in [1.29, 1.82) is 0 Å². The van der Waals surface area contributed by atoms with Crippen LogP contribution in [0.15, 0.2) is 57.8 Å². The van der Waals surface area contributed by atoms with E-state index in [1.807, 2.05) is 56.3 Å². The molecule has 3 rings (SSSR count). The van der Waals surface area contributed by atoms with Gasteiger partial charge in [0.2, 0.25) is 5.91 Å². The molecule has 3 aromatic rings. The molecule has 0 spiro atoms. The van der Waals surface area contributed by atoms with Crippen molar-refractivity contribution in [2.24, 2.45) is 0 Å². The molecule has 1 aromatic heterocycles. The molecule has 0 fully saturated rings. The van der Waals surface area contributed by atoms with Crippen molar-refractivity contribution in [3.05, 3.63) is 74.5 Å². The Morgan fingerprint density at radius 2 is 1.80 bits per heavy atom. The molecule has 0 saturated carbocycles. The summed E-state index contributed by atoms with van der Waals surface area (Å²) in [7, 11) is 0. The van der Waals surface area contributed by atoms with Gasteiger partial charge in [-0.25, -0.2) is 0 Å². The number of pyridine rings is 1. The minimum atomic E-state index is -0.114. The van der Waals surface area contributed by atoms with Crippen molar-refractivity contribution < 1.29 is 4.79 Å². The van der Waals surface area contributed by atoms with Crippen LogP contribution in [0.5, 0.6) is 0 Å². The van der Waals surface area contributed by atoms with E-state index in [0.29, 0.717) is 6.54 Å². The molecule has 0 saturated heterocycles. The molecule has 0 atom stereocenters. The van der Waals surface area contributed by atoms with E-state index in [1.54, 1.807) is 10.6 Å². The van der Waals surface area contributed by atoms with Crippen LogP contribution >= 0.6 is 15.9 Å². The van der Waals surface area contributed by atoms with Gasteiger partial charge in [-0.1, -0.05) is 34.1 Å². The van der Waals surface area contributed by atoms with Crippen LogP contribution < -0.4 is 10.9 Å². The third-order valence-electron chi connectivity index (χ3n) is 4.23. The second kappa shape index (κ2) is 7.23. The molecule has 4 nitrogen and oxygen atoms in total. The Bertz CT molecular complexity index is 991. The Hall–Kier alpha value is -2.40. The van der Waals surface area contributed by atoms with Gasteiger partial charge in [0.1, 0.15) is 0 Å². The summed E-state index contributed by atoms with van der Waals surface area (Å²) < 4.78 is 2.65. The predicted octanol–water partition coefficient (Wildman–Crippen LogP) is 4.41. The van der Waals surface area contributed by atoms with Crippen LogP contribution in [-0.4, -0.2) is 10.5 Å². The second-order valence-electron chi connectivity index (χ2n) is 6.09. The number of aryl methyl sites for hydroxylation is 3. The van der Waals surface area contributed by atoms with Crippen LogP contribution in [0.25, 0.3) is 10.9 Å². The van der Waals surface area contributed by atoms with E-state index in [1.165, 1.54) is 0 Å². The summed E-state index contributed by atoms with van der Waals surface area (Å²) in [5.74, 6) is -0.114. The summed E-state index contributed by atoms with van der Waals surface area (Å²) in [5, 5.41) is 3.91. The topological polar surface area (TPSA) is 51.1 Å². The fourth-order valence-electron chi connectivity index (χ4n) is 2.98. The number of rotatable bonds is 4. The van der Waals surface area contributed by atoms with E-state index in [0.717, 1.165) is 32.2 Å². The van der Waals surface area contributed by atoms with Crippen LogP contribution in [0.4, 0.5) is 5.69 Å². The summed E-state index contributed by atoms with van der Waals surface area (Å²) in [4.78, 5) is 24.7. The van der Waals surface area contributed by atoms with Gasteiger partial charge in [0.15, 0.2) is 0 Å². The molecule has 0 radical (unpaired) electrons. The van der Waals surface area contributed by atoms with Gasteiger partial charge in [-0.05, 0) is 49.2 Å². The summed E-state index contributed by atoms with van der Waals surface area (Å²) in [6, 6.07) is 15.0. The molecule has 2 aromatic carbocycles. The molecule has 0 aliphatic rings. The predicted molar refractivity (Wildman–Crippen MR) is 105 cm³/mol. The van der Waals surface area contributed by atoms with Gasteiger partial charge in [-0.15, -0.1) is 0 Å². The number of nitrogens with zero attached hydrogens (tertiary/aromatic N) is 1. The number of nitrogens with one attached hydrogen (secondary N) is 1. The van der Waals surface area contributed by atoms with Crippen molar-refractivity contribution in [2.75, 3.05) is 5.32 Å². The fraction of sp³-hybridized carbons (Fsp3) is 0.200. The molecule has 128 valence electrons. The highest BCUT2D eigenvalue weighted by Gasteiger charge is 2.10. The number of anilines is 1. The Labute approximate surface area is 154 Å². The highest BCUT2D eigenvalue weighted by Crippen LogP contribution is 2.20. The number of fused-ring (bicyclic) bond motifs is 1. The molecule has 5 heteroatoms. The van der Waals surface area contributed by atoms with Crippen molar-refractivity contribution in [3.8, 4) is 0 Å². The van der Waals surface area contributed by atoms with Gasteiger partial charge >= 0.3 is 0 Å². The zero-order chi connectivity index (χ0) is 18.0. The maximum Gasteiger partial charge on any atom is 0.251 e. The first-order valence-corrected chi connectivity index (χ1v) is 8.90. The first-order chi connectivity index (χ1) is 12.0. The second-order valence-corrected chi connectivity index (χ2v) is 7.01. The lowest BCUT2D eigenvalue weighted by molar-refractivity contribution is -0.116. The maximum atomic E-state index is 12.4. The number of amides is 1. The number of benzene rings is 2. The SMILES string of the molecule is Cc1cc(=O)n(CCC(=O)Nc2ccc(Br)cc2)c2c(C)cccc12. The Balaban J connectivity index is 1.82. The van der Waals surface area contributed by atoms with E-state index >= 15 is 0 Å². The molecule has 0 aliphatic carbocycles. The number of hydrogen-bond donors (Lipinski definition) is 1. The minimum Gasteiger partial charge on any atom is -0.326 e. The maximum absolute atomic E-state index is 12.4. The fourth-order valence-corrected chi connectivity index (χ4v) is 3.24. The monoisotopic (exact) mass is 398 g/mol. The molecule has 1 N–H and O–H groups in total. The van der Waals surface area contributed by atoms with Crippen molar-refractivity contribution in [2.45, 2.75) is 26.8 Å². The molecular formula is C20H19BrN2O2. The van der Waals surface area contributed by atoms with E-state index in [-0.39, 0.29) is 17.9 Å². The van der Waals surface area contributed by atoms with Crippen molar-refractivity contribution in [3.63, 3.8) is 0 Å². The lowest BCUT2D eigenvalue weighted by Crippen LogP contribution is -2.24. The lowest BCUT2D eigenvalue weighted by atomic mass is 10.1. The summed E-state index contributed by atoms with van der Waals surface area (Å²) in [6.07, 6.45) is 0.239. The quantitative estimate of drug-likeness (QED) is 0.707. The average Bonchev–Trinajstić information content (AvgIpc) is 2.57. The van der Waals surface area contributed by atoms with Gasteiger partial charge in [-0.2, -0.15) is 0 Å². The summed E-state index contributed by atoms with van der Waals surface area (Å²) in [6.45, 7) is 4.27. The number of carbonyl (C=O) groups is 1. The van der Waals surface area contributed by atoms with Crippen LogP contribution in [0.2, 0.25) is 0 Å². The first-order valence-electron chi connectivity index (χ1n) is 8.11. The third-order valence-corrected chi connectivity index (χ3v) is 4.76. The van der Waals surface area contributed by atoms with Gasteiger partial charge in [0.25, 0.3) is 5.56 Å². The molecule has 0 bridgehead atoms. The Morgan fingerprint density at radius 3 is 2.52 bits per heavy atom. The zero-order valence-corrected chi connectivity index (χ0v) is 15.8. The largest absolute Gasteiger partial charge is 0.326 e. The number of halogens is 1. The lowest BCUT2D eigenvalue weighted by Gasteiger charge is -2.14. The molecule has 0 aliphatic heterocycles. The smallest absolute Gasteiger partial charge is 0.251 e. The number of para-hydroxylation sites is 1. The van der Waals surface area contributed by atoms with E-state index in [4.69, 9.17) is 0 Å². The molecule has 0 unspecified atom stereocenters. The summed E-state index contributed by atoms with van der Waals surface area (Å²) >= 11 is 3.37. The van der Waals surface area contributed by atoms with Crippen LogP contribution in [0.3, 0.4) is 0 Å². The highest BCUT2D eigenvalue weighted by atomic mass is 79.9. The van der Waals surface area contributed by atoms with Gasteiger partial charge in [-0.3, -0.25) is 9.59 Å². The van der Waals surface area contributed by atoms with Crippen molar-refractivity contribution in [1.82, 2.24) is 4.57 Å². The zero-order valence-electron chi connectivity index (χ0n) is 14.2. The average molecular weight is 399 g/mol. The van der Waals surface area contributed by atoms with Gasteiger partial charge < -0.3 is 9.88 Å². The van der Waals surface area contributed by atoms with Gasteiger partial charge in [0, 0.05) is 34.6 Å². The van der Waals surface area contributed by atoms with E-state index in [2.05, 4.69) is 21.2 Å². The molecular weight excluding hydrogens is 380 g/mol. The normalized spacial score (nSPS) is 10.8.